The molecule has 1 amide bonds. The minimum Gasteiger partial charge on any atom is -0.483 e. The summed E-state index contributed by atoms with van der Waals surface area (Å²) in [5.74, 6) is 0.872. The highest BCUT2D eigenvalue weighted by Gasteiger charge is 2.31. The highest BCUT2D eigenvalue weighted by Crippen LogP contribution is 2.30. The SMILES string of the molecule is N=Cc1ccc(OCC(=O)N2CCN(c3ccc(C(F)(F)F)cn3)CC2)c2ccccc12. The maximum absolute atomic E-state index is 12.7. The lowest BCUT2D eigenvalue weighted by atomic mass is 10.0. The molecule has 2 aromatic carbocycles. The largest absolute Gasteiger partial charge is 0.483 e. The van der Waals surface area contributed by atoms with Crippen LogP contribution in [0.25, 0.3) is 10.8 Å². The molecular weight excluding hydrogens is 421 g/mol. The van der Waals surface area contributed by atoms with Gasteiger partial charge in [0, 0.05) is 49.5 Å². The Balaban J connectivity index is 1.34. The lowest BCUT2D eigenvalue weighted by Crippen LogP contribution is -2.50. The molecule has 1 aromatic heterocycles. The number of anilines is 1. The number of hydrogen-bond donors (Lipinski definition) is 1. The van der Waals surface area contributed by atoms with Crippen LogP contribution in [0.5, 0.6) is 5.75 Å². The normalized spacial score (nSPS) is 14.5. The minimum absolute atomic E-state index is 0.119. The number of pyridine rings is 1. The second-order valence-corrected chi connectivity index (χ2v) is 7.40. The van der Waals surface area contributed by atoms with Crippen LogP contribution in [0.1, 0.15) is 11.1 Å². The number of piperazine rings is 1. The van der Waals surface area contributed by atoms with E-state index in [1.54, 1.807) is 17.0 Å². The van der Waals surface area contributed by atoms with Crippen LogP contribution in [-0.2, 0) is 11.0 Å². The van der Waals surface area contributed by atoms with Gasteiger partial charge in [0.15, 0.2) is 6.61 Å². The number of nitrogens with zero attached hydrogens (tertiary/aromatic N) is 3. The third-order valence-electron chi connectivity index (χ3n) is 5.46. The number of halogens is 3. The van der Waals surface area contributed by atoms with Crippen LogP contribution in [-0.4, -0.2) is 54.8 Å². The Morgan fingerprint density at radius 2 is 1.75 bits per heavy atom. The average Bonchev–Trinajstić information content (AvgIpc) is 2.82. The van der Waals surface area contributed by atoms with Crippen molar-refractivity contribution in [1.82, 2.24) is 9.88 Å². The van der Waals surface area contributed by atoms with E-state index in [0.29, 0.717) is 37.7 Å². The number of benzene rings is 2. The van der Waals surface area contributed by atoms with E-state index in [0.717, 1.165) is 28.6 Å². The maximum atomic E-state index is 12.7. The average molecular weight is 442 g/mol. The van der Waals surface area contributed by atoms with E-state index in [4.69, 9.17) is 10.1 Å². The zero-order valence-electron chi connectivity index (χ0n) is 17.1. The van der Waals surface area contributed by atoms with E-state index in [1.165, 1.54) is 12.3 Å². The van der Waals surface area contributed by atoms with Crippen LogP contribution >= 0.6 is 0 Å². The molecule has 4 rings (SSSR count). The van der Waals surface area contributed by atoms with Crippen LogP contribution in [0.15, 0.2) is 54.7 Å². The highest BCUT2D eigenvalue weighted by atomic mass is 19.4. The van der Waals surface area contributed by atoms with E-state index in [-0.39, 0.29) is 12.5 Å². The van der Waals surface area contributed by atoms with Crippen molar-refractivity contribution in [2.45, 2.75) is 6.18 Å². The first-order valence-corrected chi connectivity index (χ1v) is 10.1. The summed E-state index contributed by atoms with van der Waals surface area (Å²) in [7, 11) is 0. The number of ether oxygens (including phenoxy) is 1. The van der Waals surface area contributed by atoms with Gasteiger partial charge in [0.05, 0.1) is 5.56 Å². The predicted molar refractivity (Wildman–Crippen MR) is 115 cm³/mol. The van der Waals surface area contributed by atoms with E-state index in [2.05, 4.69) is 4.98 Å². The Hall–Kier alpha value is -3.62. The molecule has 0 unspecified atom stereocenters. The molecule has 166 valence electrons. The van der Waals surface area contributed by atoms with E-state index >= 15 is 0 Å². The molecule has 0 saturated carbocycles. The third kappa shape index (κ3) is 4.51. The molecule has 1 fully saturated rings. The van der Waals surface area contributed by atoms with Gasteiger partial charge in [-0.25, -0.2) is 4.98 Å². The molecule has 2 heterocycles. The Morgan fingerprint density at radius 1 is 1.03 bits per heavy atom. The van der Waals surface area contributed by atoms with Crippen LogP contribution in [0.2, 0.25) is 0 Å². The minimum atomic E-state index is -4.41. The molecule has 0 atom stereocenters. The Bertz CT molecular complexity index is 1120. The zero-order valence-corrected chi connectivity index (χ0v) is 17.1. The third-order valence-corrected chi connectivity index (χ3v) is 5.46. The summed E-state index contributed by atoms with van der Waals surface area (Å²) in [6.45, 7) is 1.69. The summed E-state index contributed by atoms with van der Waals surface area (Å²) in [6.07, 6.45) is -2.31. The standard InChI is InChI=1S/C23H21F3N4O2/c24-23(25,26)17-6-8-21(28-14-17)29-9-11-30(12-10-29)22(31)15-32-20-7-5-16(13-27)18-3-1-2-4-19(18)20/h1-8,13-14,27H,9-12,15H2. The van der Waals surface area contributed by atoms with E-state index in [1.807, 2.05) is 29.2 Å². The first kappa shape index (κ1) is 21.6. The second-order valence-electron chi connectivity index (χ2n) is 7.40. The summed E-state index contributed by atoms with van der Waals surface area (Å²) in [6, 6.07) is 13.5. The van der Waals surface area contributed by atoms with Crippen LogP contribution in [0.4, 0.5) is 19.0 Å². The van der Waals surface area contributed by atoms with Crippen molar-refractivity contribution in [2.75, 3.05) is 37.7 Å². The summed E-state index contributed by atoms with van der Waals surface area (Å²) < 4.78 is 43.9. The highest BCUT2D eigenvalue weighted by molar-refractivity contribution is 6.01. The Kier molecular flexibility index (Phi) is 5.98. The Morgan fingerprint density at radius 3 is 2.38 bits per heavy atom. The number of carbonyl (C=O) groups excluding carboxylic acids is 1. The molecule has 0 spiro atoms. The van der Waals surface area contributed by atoms with Gasteiger partial charge in [0.1, 0.15) is 11.6 Å². The molecule has 1 aliphatic rings. The van der Waals surface area contributed by atoms with Gasteiger partial charge in [-0.3, -0.25) is 4.79 Å². The lowest BCUT2D eigenvalue weighted by molar-refractivity contribution is -0.138. The molecule has 1 saturated heterocycles. The van der Waals surface area contributed by atoms with Gasteiger partial charge in [-0.2, -0.15) is 13.2 Å². The number of hydrogen-bond acceptors (Lipinski definition) is 5. The topological polar surface area (TPSA) is 69.5 Å². The fourth-order valence-corrected chi connectivity index (χ4v) is 3.70. The Labute approximate surface area is 182 Å². The maximum Gasteiger partial charge on any atom is 0.417 e. The summed E-state index contributed by atoms with van der Waals surface area (Å²) in [5.41, 5.74) is -0.0133. The summed E-state index contributed by atoms with van der Waals surface area (Å²) in [5, 5.41) is 9.24. The van der Waals surface area contributed by atoms with Gasteiger partial charge in [0.2, 0.25) is 0 Å². The van der Waals surface area contributed by atoms with Gasteiger partial charge in [0.25, 0.3) is 5.91 Å². The summed E-state index contributed by atoms with van der Waals surface area (Å²) in [4.78, 5) is 20.1. The number of carbonyl (C=O) groups is 1. The van der Waals surface area contributed by atoms with Crippen molar-refractivity contribution >= 4 is 28.7 Å². The number of amides is 1. The smallest absolute Gasteiger partial charge is 0.417 e. The first-order chi connectivity index (χ1) is 15.4. The van der Waals surface area contributed by atoms with Crippen molar-refractivity contribution < 1.29 is 22.7 Å². The van der Waals surface area contributed by atoms with Crippen LogP contribution in [0.3, 0.4) is 0 Å². The predicted octanol–water partition coefficient (Wildman–Crippen LogP) is 3.98. The van der Waals surface area contributed by atoms with Gasteiger partial charge < -0.3 is 19.9 Å². The molecule has 3 aromatic rings. The number of aromatic nitrogens is 1. The molecular formula is C23H21F3N4O2. The molecule has 9 heteroatoms. The van der Waals surface area contributed by atoms with Gasteiger partial charge in [-0.1, -0.05) is 24.3 Å². The molecule has 1 aliphatic heterocycles. The van der Waals surface area contributed by atoms with Crippen molar-refractivity contribution in [1.29, 1.82) is 5.41 Å². The van der Waals surface area contributed by atoms with E-state index in [9.17, 15) is 18.0 Å². The van der Waals surface area contributed by atoms with Crippen molar-refractivity contribution in [3.8, 4) is 5.75 Å². The molecule has 1 N–H and O–H groups in total. The summed E-state index contributed by atoms with van der Waals surface area (Å²) >= 11 is 0. The van der Waals surface area contributed by atoms with Gasteiger partial charge in [-0.05, 0) is 29.7 Å². The zero-order chi connectivity index (χ0) is 22.7. The first-order valence-electron chi connectivity index (χ1n) is 10.1. The molecule has 0 aliphatic carbocycles. The number of rotatable bonds is 5. The van der Waals surface area contributed by atoms with Crippen LogP contribution in [0, 0.1) is 5.41 Å². The van der Waals surface area contributed by atoms with Crippen molar-refractivity contribution in [3.05, 3.63) is 65.9 Å². The number of nitrogens with one attached hydrogen (secondary N) is 1. The molecule has 6 nitrogen and oxygen atoms in total. The fraction of sp³-hybridized carbons (Fsp3) is 0.261. The quantitative estimate of drug-likeness (QED) is 0.607. The number of fused-ring (bicyclic) bond motifs is 1. The van der Waals surface area contributed by atoms with Crippen molar-refractivity contribution in [3.63, 3.8) is 0 Å². The molecule has 0 radical (unpaired) electrons. The fourth-order valence-electron chi connectivity index (χ4n) is 3.70. The number of alkyl halides is 3. The van der Waals surface area contributed by atoms with Crippen molar-refractivity contribution in [2.24, 2.45) is 0 Å². The molecule has 32 heavy (non-hydrogen) atoms. The van der Waals surface area contributed by atoms with Crippen LogP contribution < -0.4 is 9.64 Å². The van der Waals surface area contributed by atoms with Gasteiger partial charge >= 0.3 is 6.18 Å². The molecule has 0 bridgehead atoms. The second kappa shape index (κ2) is 8.86. The lowest BCUT2D eigenvalue weighted by Gasteiger charge is -2.35. The van der Waals surface area contributed by atoms with Gasteiger partial charge in [-0.15, -0.1) is 0 Å². The monoisotopic (exact) mass is 442 g/mol. The van der Waals surface area contributed by atoms with E-state index < -0.39 is 11.7 Å².